The quantitative estimate of drug-likeness (QED) is 0.741. The Bertz CT molecular complexity index is 541. The Balaban J connectivity index is 2.54. The van der Waals surface area contributed by atoms with Crippen molar-refractivity contribution >= 4 is 5.97 Å². The lowest BCUT2D eigenvalue weighted by molar-refractivity contribution is 0.0600. The van der Waals surface area contributed by atoms with Crippen molar-refractivity contribution in [2.45, 2.75) is 6.92 Å². The zero-order valence-corrected chi connectivity index (χ0v) is 10.2. The summed E-state index contributed by atoms with van der Waals surface area (Å²) in [5, 5.41) is 0. The van der Waals surface area contributed by atoms with E-state index in [9.17, 15) is 4.79 Å². The number of carbonyl (C=O) groups is 1. The maximum atomic E-state index is 11.6. The van der Waals surface area contributed by atoms with E-state index in [0.29, 0.717) is 5.56 Å². The number of ether oxygens (including phenoxy) is 1. The van der Waals surface area contributed by atoms with E-state index in [1.807, 2.05) is 54.9 Å². The summed E-state index contributed by atoms with van der Waals surface area (Å²) in [4.78, 5) is 11.6. The predicted octanol–water partition coefficient (Wildman–Crippen LogP) is 2.79. The van der Waals surface area contributed by atoms with E-state index < -0.39 is 0 Å². The van der Waals surface area contributed by atoms with Gasteiger partial charge in [-0.2, -0.15) is 0 Å². The van der Waals surface area contributed by atoms with Crippen LogP contribution in [0, 0.1) is 6.92 Å². The Morgan fingerprint density at radius 2 is 1.88 bits per heavy atom. The van der Waals surface area contributed by atoms with Crippen molar-refractivity contribution in [3.63, 3.8) is 0 Å². The number of aromatic nitrogens is 1. The number of hydrogen-bond donors (Lipinski definition) is 0. The second-order valence-corrected chi connectivity index (χ2v) is 3.95. The van der Waals surface area contributed by atoms with Crippen LogP contribution in [0.5, 0.6) is 0 Å². The number of methoxy groups -OCH3 is 1. The second-order valence-electron chi connectivity index (χ2n) is 3.95. The number of hydrogen-bond acceptors (Lipinski definition) is 2. The van der Waals surface area contributed by atoms with Crippen LogP contribution in [0.3, 0.4) is 0 Å². The minimum Gasteiger partial charge on any atom is -0.465 e. The first-order valence-corrected chi connectivity index (χ1v) is 5.45. The molecule has 3 heteroatoms. The number of benzene rings is 1. The number of esters is 1. The zero-order valence-electron chi connectivity index (χ0n) is 10.2. The second kappa shape index (κ2) is 4.45. The van der Waals surface area contributed by atoms with Crippen molar-refractivity contribution in [3.05, 3.63) is 47.7 Å². The summed E-state index contributed by atoms with van der Waals surface area (Å²) in [5.74, 6) is -0.291. The van der Waals surface area contributed by atoms with Gasteiger partial charge in [0.05, 0.1) is 12.7 Å². The normalized spacial score (nSPS) is 10.3. The molecule has 2 aromatic rings. The molecule has 3 nitrogen and oxygen atoms in total. The molecular formula is C14H15NO2. The molecule has 1 aromatic heterocycles. The van der Waals surface area contributed by atoms with Gasteiger partial charge in [0.15, 0.2) is 0 Å². The van der Waals surface area contributed by atoms with E-state index in [0.717, 1.165) is 17.0 Å². The summed E-state index contributed by atoms with van der Waals surface area (Å²) < 4.78 is 6.77. The standard InChI is InChI=1S/C14H15NO2/c1-10-12(14(16)17-3)9-13(15(10)2)11-7-5-4-6-8-11/h4-9H,1-3H3. The molecule has 17 heavy (non-hydrogen) atoms. The topological polar surface area (TPSA) is 31.2 Å². The first kappa shape index (κ1) is 11.5. The molecule has 88 valence electrons. The lowest BCUT2D eigenvalue weighted by Crippen LogP contribution is -2.03. The fourth-order valence-corrected chi connectivity index (χ4v) is 1.90. The smallest absolute Gasteiger partial charge is 0.339 e. The van der Waals surface area contributed by atoms with Gasteiger partial charge in [-0.3, -0.25) is 0 Å². The van der Waals surface area contributed by atoms with E-state index in [2.05, 4.69) is 0 Å². The molecule has 0 aliphatic heterocycles. The molecule has 0 aliphatic rings. The Morgan fingerprint density at radius 1 is 1.24 bits per heavy atom. The van der Waals surface area contributed by atoms with Crippen molar-refractivity contribution in [1.29, 1.82) is 0 Å². The summed E-state index contributed by atoms with van der Waals surface area (Å²) in [5.41, 5.74) is 3.64. The van der Waals surface area contributed by atoms with Gasteiger partial charge in [-0.25, -0.2) is 4.79 Å². The molecule has 0 unspecified atom stereocenters. The third-order valence-electron chi connectivity index (χ3n) is 3.01. The summed E-state index contributed by atoms with van der Waals surface area (Å²) in [6.07, 6.45) is 0. The molecule has 0 fully saturated rings. The molecular weight excluding hydrogens is 214 g/mol. The van der Waals surface area contributed by atoms with Crippen LogP contribution >= 0.6 is 0 Å². The largest absolute Gasteiger partial charge is 0.465 e. The van der Waals surface area contributed by atoms with E-state index in [1.54, 1.807) is 0 Å². The highest BCUT2D eigenvalue weighted by Gasteiger charge is 2.16. The zero-order chi connectivity index (χ0) is 12.4. The van der Waals surface area contributed by atoms with Crippen LogP contribution in [0.25, 0.3) is 11.3 Å². The predicted molar refractivity (Wildman–Crippen MR) is 66.9 cm³/mol. The average molecular weight is 229 g/mol. The van der Waals surface area contributed by atoms with E-state index in [4.69, 9.17) is 4.74 Å². The maximum Gasteiger partial charge on any atom is 0.339 e. The summed E-state index contributed by atoms with van der Waals surface area (Å²) >= 11 is 0. The monoisotopic (exact) mass is 229 g/mol. The van der Waals surface area contributed by atoms with Gasteiger partial charge in [0, 0.05) is 18.4 Å². The van der Waals surface area contributed by atoms with E-state index >= 15 is 0 Å². The summed E-state index contributed by atoms with van der Waals surface area (Å²) in [6, 6.07) is 11.9. The molecule has 0 amide bonds. The van der Waals surface area contributed by atoms with E-state index in [1.165, 1.54) is 7.11 Å². The lowest BCUT2D eigenvalue weighted by atomic mass is 10.1. The van der Waals surface area contributed by atoms with Gasteiger partial charge in [0.25, 0.3) is 0 Å². The van der Waals surface area contributed by atoms with Crippen LogP contribution in [0.1, 0.15) is 16.1 Å². The Labute approximate surface area is 101 Å². The molecule has 0 saturated heterocycles. The maximum absolute atomic E-state index is 11.6. The molecule has 0 atom stereocenters. The van der Waals surface area contributed by atoms with Gasteiger partial charge in [-0.1, -0.05) is 30.3 Å². The summed E-state index contributed by atoms with van der Waals surface area (Å²) in [6.45, 7) is 1.92. The van der Waals surface area contributed by atoms with Crippen LogP contribution in [-0.2, 0) is 11.8 Å². The van der Waals surface area contributed by atoms with Gasteiger partial charge >= 0.3 is 5.97 Å². The van der Waals surface area contributed by atoms with Crippen molar-refractivity contribution in [2.24, 2.45) is 7.05 Å². The Morgan fingerprint density at radius 3 is 2.47 bits per heavy atom. The van der Waals surface area contributed by atoms with Crippen LogP contribution < -0.4 is 0 Å². The molecule has 1 heterocycles. The minimum absolute atomic E-state index is 0.291. The SMILES string of the molecule is COC(=O)c1cc(-c2ccccc2)n(C)c1C. The first-order valence-electron chi connectivity index (χ1n) is 5.45. The van der Waals surface area contributed by atoms with Crippen LogP contribution in [0.15, 0.2) is 36.4 Å². The molecule has 1 aromatic carbocycles. The fourth-order valence-electron chi connectivity index (χ4n) is 1.90. The number of carbonyl (C=O) groups excluding carboxylic acids is 1. The average Bonchev–Trinajstić information content (AvgIpc) is 2.67. The van der Waals surface area contributed by atoms with Gasteiger partial charge in [-0.15, -0.1) is 0 Å². The van der Waals surface area contributed by atoms with Crippen molar-refractivity contribution in [3.8, 4) is 11.3 Å². The summed E-state index contributed by atoms with van der Waals surface area (Å²) in [7, 11) is 3.35. The molecule has 0 saturated carbocycles. The minimum atomic E-state index is -0.291. The molecule has 0 aliphatic carbocycles. The van der Waals surface area contributed by atoms with E-state index in [-0.39, 0.29) is 5.97 Å². The Hall–Kier alpha value is -2.03. The van der Waals surface area contributed by atoms with Crippen LogP contribution in [-0.4, -0.2) is 17.6 Å². The highest BCUT2D eigenvalue weighted by molar-refractivity contribution is 5.92. The Kier molecular flexibility index (Phi) is 3.00. The van der Waals surface area contributed by atoms with Crippen molar-refractivity contribution in [1.82, 2.24) is 4.57 Å². The highest BCUT2D eigenvalue weighted by Crippen LogP contribution is 2.24. The number of nitrogens with zero attached hydrogens (tertiary/aromatic N) is 1. The fraction of sp³-hybridized carbons (Fsp3) is 0.214. The molecule has 0 radical (unpaired) electrons. The molecule has 0 bridgehead atoms. The van der Waals surface area contributed by atoms with Gasteiger partial charge in [0.1, 0.15) is 0 Å². The third-order valence-corrected chi connectivity index (χ3v) is 3.01. The number of rotatable bonds is 2. The van der Waals surface area contributed by atoms with Crippen LogP contribution in [0.4, 0.5) is 0 Å². The van der Waals surface area contributed by atoms with Crippen molar-refractivity contribution in [2.75, 3.05) is 7.11 Å². The molecule has 0 N–H and O–H groups in total. The van der Waals surface area contributed by atoms with Crippen molar-refractivity contribution < 1.29 is 9.53 Å². The van der Waals surface area contributed by atoms with Gasteiger partial charge < -0.3 is 9.30 Å². The van der Waals surface area contributed by atoms with Gasteiger partial charge in [-0.05, 0) is 18.6 Å². The lowest BCUT2D eigenvalue weighted by Gasteiger charge is -2.04. The molecule has 0 spiro atoms. The first-order chi connectivity index (χ1) is 8.15. The molecule has 2 rings (SSSR count). The third kappa shape index (κ3) is 1.96. The highest BCUT2D eigenvalue weighted by atomic mass is 16.5. The van der Waals surface area contributed by atoms with Gasteiger partial charge in [0.2, 0.25) is 0 Å². The van der Waals surface area contributed by atoms with Crippen LogP contribution in [0.2, 0.25) is 0 Å².